The first-order chi connectivity index (χ1) is 5.59. The smallest absolute Gasteiger partial charge is 0.198 e. The van der Waals surface area contributed by atoms with Gasteiger partial charge in [0.25, 0.3) is 5.76 Å². The Morgan fingerprint density at radius 1 is 1.25 bits per heavy atom. The summed E-state index contributed by atoms with van der Waals surface area (Å²) in [6, 6.07) is 4.44. The average Bonchev–Trinajstić information content (AvgIpc) is 1.94. The molecule has 0 unspecified atom stereocenters. The van der Waals surface area contributed by atoms with Crippen molar-refractivity contribution in [1.29, 1.82) is 0 Å². The average molecular weight is 229 g/mol. The van der Waals surface area contributed by atoms with Crippen LogP contribution in [0.15, 0.2) is 23.1 Å². The van der Waals surface area contributed by atoms with E-state index in [1.165, 1.54) is 18.2 Å². The predicted octanol–water partition coefficient (Wildman–Crippen LogP) is 4.31. The van der Waals surface area contributed by atoms with Gasteiger partial charge in [-0.15, -0.1) is 0 Å². The molecule has 0 aliphatic carbocycles. The molecule has 0 fully saturated rings. The second-order valence-corrected chi connectivity index (χ2v) is 3.83. The minimum atomic E-state index is -2.45. The van der Waals surface area contributed by atoms with E-state index in [2.05, 4.69) is 0 Å². The van der Waals surface area contributed by atoms with Crippen LogP contribution in [0.1, 0.15) is 0 Å². The molecule has 0 nitrogen and oxygen atoms in total. The van der Waals surface area contributed by atoms with Gasteiger partial charge in [-0.25, -0.2) is 0 Å². The van der Waals surface area contributed by atoms with Crippen molar-refractivity contribution in [2.75, 3.05) is 0 Å². The Hall–Kier alpha value is 0.01000. The Labute approximate surface area is 82.9 Å². The highest BCUT2D eigenvalue weighted by atomic mass is 35.5. The van der Waals surface area contributed by atoms with Gasteiger partial charge in [0, 0.05) is 9.92 Å². The Morgan fingerprint density at radius 2 is 1.92 bits per heavy atom. The lowest BCUT2D eigenvalue weighted by molar-refractivity contribution is 0.252. The van der Waals surface area contributed by atoms with Gasteiger partial charge in [0.1, 0.15) is 0 Å². The van der Waals surface area contributed by atoms with Crippen LogP contribution >= 0.6 is 35.0 Å². The lowest BCUT2D eigenvalue weighted by Gasteiger charge is -2.02. The van der Waals surface area contributed by atoms with E-state index in [1.54, 1.807) is 0 Å². The summed E-state index contributed by atoms with van der Waals surface area (Å²) in [6.07, 6.45) is 0. The van der Waals surface area contributed by atoms with E-state index < -0.39 is 5.76 Å². The van der Waals surface area contributed by atoms with Crippen LogP contribution < -0.4 is 0 Å². The van der Waals surface area contributed by atoms with E-state index in [9.17, 15) is 8.78 Å². The lowest BCUT2D eigenvalue weighted by Crippen LogP contribution is -1.82. The molecule has 0 N–H and O–H groups in total. The van der Waals surface area contributed by atoms with Gasteiger partial charge < -0.3 is 0 Å². The van der Waals surface area contributed by atoms with Crippen LogP contribution in [-0.4, -0.2) is 5.76 Å². The Morgan fingerprint density at radius 3 is 2.42 bits per heavy atom. The molecule has 66 valence electrons. The van der Waals surface area contributed by atoms with Crippen molar-refractivity contribution >= 4 is 35.0 Å². The first kappa shape index (κ1) is 10.1. The van der Waals surface area contributed by atoms with Crippen molar-refractivity contribution in [3.8, 4) is 0 Å². The highest BCUT2D eigenvalue weighted by Crippen LogP contribution is 2.33. The predicted molar refractivity (Wildman–Crippen MR) is 48.3 cm³/mol. The zero-order valence-corrected chi connectivity index (χ0v) is 8.06. The van der Waals surface area contributed by atoms with Crippen molar-refractivity contribution < 1.29 is 8.78 Å². The van der Waals surface area contributed by atoms with Crippen molar-refractivity contribution in [1.82, 2.24) is 0 Å². The molecule has 0 aromatic heterocycles. The van der Waals surface area contributed by atoms with Crippen LogP contribution in [0, 0.1) is 0 Å². The number of thioether (sulfide) groups is 1. The molecule has 0 aliphatic rings. The molecule has 1 aromatic rings. The fourth-order valence-corrected chi connectivity index (χ4v) is 1.72. The first-order valence-corrected chi connectivity index (χ1v) is 4.63. The van der Waals surface area contributed by atoms with Gasteiger partial charge in [0.2, 0.25) is 0 Å². The molecule has 0 radical (unpaired) electrons. The van der Waals surface area contributed by atoms with Gasteiger partial charge in [-0.2, -0.15) is 8.78 Å². The maximum Gasteiger partial charge on any atom is 0.288 e. The summed E-state index contributed by atoms with van der Waals surface area (Å²) in [6.45, 7) is 0. The second-order valence-electron chi connectivity index (χ2n) is 1.95. The maximum atomic E-state index is 11.9. The molecular weight excluding hydrogens is 225 g/mol. The lowest BCUT2D eigenvalue weighted by atomic mass is 10.4. The third kappa shape index (κ3) is 2.81. The Kier molecular flexibility index (Phi) is 3.62. The number of halogens is 4. The molecule has 0 saturated carbocycles. The standard InChI is InChI=1S/C7H4Cl2F2S/c8-4-1-2-6(5(9)3-4)12-7(10)11/h1-3,7H. The van der Waals surface area contributed by atoms with E-state index in [0.29, 0.717) is 21.7 Å². The SMILES string of the molecule is FC(F)Sc1ccc(Cl)cc1Cl. The highest BCUT2D eigenvalue weighted by Gasteiger charge is 2.08. The molecule has 0 atom stereocenters. The molecule has 1 rings (SSSR count). The quantitative estimate of drug-likeness (QED) is 0.681. The molecule has 0 aliphatic heterocycles. The van der Waals surface area contributed by atoms with Gasteiger partial charge in [-0.3, -0.25) is 0 Å². The summed E-state index contributed by atoms with van der Waals surface area (Å²) >= 11 is 11.6. The van der Waals surface area contributed by atoms with Crippen molar-refractivity contribution in [2.24, 2.45) is 0 Å². The van der Waals surface area contributed by atoms with E-state index in [4.69, 9.17) is 23.2 Å². The van der Waals surface area contributed by atoms with E-state index in [-0.39, 0.29) is 5.02 Å². The summed E-state index contributed by atoms with van der Waals surface area (Å²) in [5, 5.41) is 0.700. The normalized spacial score (nSPS) is 10.8. The number of benzene rings is 1. The third-order valence-electron chi connectivity index (χ3n) is 1.11. The van der Waals surface area contributed by atoms with Gasteiger partial charge in [-0.1, -0.05) is 35.0 Å². The third-order valence-corrected chi connectivity index (χ3v) is 2.56. The molecule has 5 heteroatoms. The minimum absolute atomic E-state index is 0.257. The summed E-state index contributed by atoms with van der Waals surface area (Å²) in [7, 11) is 0. The van der Waals surface area contributed by atoms with Crippen LogP contribution in [0.25, 0.3) is 0 Å². The zero-order chi connectivity index (χ0) is 9.14. The van der Waals surface area contributed by atoms with Crippen LogP contribution in [0.2, 0.25) is 10.0 Å². The summed E-state index contributed by atoms with van der Waals surface area (Å²) < 4.78 is 23.7. The number of hydrogen-bond donors (Lipinski definition) is 0. The van der Waals surface area contributed by atoms with Crippen molar-refractivity contribution in [3.05, 3.63) is 28.2 Å². The molecular formula is C7H4Cl2F2S. The van der Waals surface area contributed by atoms with Crippen LogP contribution in [-0.2, 0) is 0 Å². The van der Waals surface area contributed by atoms with Crippen molar-refractivity contribution in [3.63, 3.8) is 0 Å². The van der Waals surface area contributed by atoms with E-state index in [1.807, 2.05) is 0 Å². The molecule has 0 spiro atoms. The van der Waals surface area contributed by atoms with Gasteiger partial charge in [0.15, 0.2) is 0 Å². The molecule has 1 aromatic carbocycles. The fraction of sp³-hybridized carbons (Fsp3) is 0.143. The molecule has 0 saturated heterocycles. The fourth-order valence-electron chi connectivity index (χ4n) is 0.667. The zero-order valence-electron chi connectivity index (χ0n) is 5.73. The molecule has 12 heavy (non-hydrogen) atoms. The highest BCUT2D eigenvalue weighted by molar-refractivity contribution is 7.99. The monoisotopic (exact) mass is 228 g/mol. The van der Waals surface area contributed by atoms with E-state index in [0.717, 1.165) is 0 Å². The number of hydrogen-bond acceptors (Lipinski definition) is 1. The molecule has 0 bridgehead atoms. The topological polar surface area (TPSA) is 0 Å². The van der Waals surface area contributed by atoms with Crippen LogP contribution in [0.5, 0.6) is 0 Å². The van der Waals surface area contributed by atoms with Crippen LogP contribution in [0.4, 0.5) is 8.78 Å². The summed E-state index contributed by atoms with van der Waals surface area (Å²) in [5.74, 6) is -2.45. The Bertz CT molecular complexity index is 278. The van der Waals surface area contributed by atoms with E-state index >= 15 is 0 Å². The molecule has 0 heterocycles. The van der Waals surface area contributed by atoms with Crippen LogP contribution in [0.3, 0.4) is 0 Å². The Balaban J connectivity index is 2.86. The largest absolute Gasteiger partial charge is 0.288 e. The van der Waals surface area contributed by atoms with Crippen molar-refractivity contribution in [2.45, 2.75) is 10.7 Å². The van der Waals surface area contributed by atoms with Gasteiger partial charge >= 0.3 is 0 Å². The summed E-state index contributed by atoms with van der Waals surface area (Å²) in [4.78, 5) is 0.344. The number of rotatable bonds is 2. The minimum Gasteiger partial charge on any atom is -0.198 e. The maximum absolute atomic E-state index is 11.9. The molecule has 0 amide bonds. The number of alkyl halides is 2. The first-order valence-electron chi connectivity index (χ1n) is 2.99. The summed E-state index contributed by atoms with van der Waals surface area (Å²) in [5.41, 5.74) is 0. The van der Waals surface area contributed by atoms with Gasteiger partial charge in [0.05, 0.1) is 5.02 Å². The van der Waals surface area contributed by atoms with Gasteiger partial charge in [-0.05, 0) is 18.2 Å². The second kappa shape index (κ2) is 4.30.